The summed E-state index contributed by atoms with van der Waals surface area (Å²) in [7, 11) is 1.71. The van der Waals surface area contributed by atoms with Crippen molar-refractivity contribution in [1.29, 1.82) is 0 Å². The van der Waals surface area contributed by atoms with Gasteiger partial charge in [-0.1, -0.05) is 18.2 Å². The minimum Gasteiger partial charge on any atom is -0.356 e. The number of hydrogen-bond donors (Lipinski definition) is 2. The zero-order chi connectivity index (χ0) is 16.7. The summed E-state index contributed by atoms with van der Waals surface area (Å²) < 4.78 is 14.1. The fraction of sp³-hybridized carbons (Fsp3) is 0.412. The molecule has 0 saturated carbocycles. The maximum atomic E-state index is 12.2. The number of halogens is 1. The van der Waals surface area contributed by atoms with Gasteiger partial charge in [-0.2, -0.15) is 5.10 Å². The summed E-state index contributed by atoms with van der Waals surface area (Å²) in [6.45, 7) is 4.88. The molecule has 2 aromatic rings. The Morgan fingerprint density at radius 1 is 1.26 bits per heavy atom. The number of alkyl halides is 1. The van der Waals surface area contributed by atoms with Crippen molar-refractivity contribution in [1.82, 2.24) is 20.4 Å². The van der Waals surface area contributed by atoms with E-state index in [0.29, 0.717) is 25.5 Å². The number of rotatable bonds is 6. The molecule has 5 nitrogen and oxygen atoms in total. The van der Waals surface area contributed by atoms with Gasteiger partial charge in [0.25, 0.3) is 0 Å². The minimum absolute atomic E-state index is 0.329. The number of guanidine groups is 1. The van der Waals surface area contributed by atoms with Gasteiger partial charge in [0.1, 0.15) is 0 Å². The van der Waals surface area contributed by atoms with Crippen molar-refractivity contribution in [3.63, 3.8) is 0 Å². The molecule has 6 heteroatoms. The van der Waals surface area contributed by atoms with Gasteiger partial charge in [-0.15, -0.1) is 0 Å². The lowest BCUT2D eigenvalue weighted by Crippen LogP contribution is -2.37. The molecule has 0 atom stereocenters. The number of nitrogens with one attached hydrogen (secondary N) is 2. The maximum Gasteiger partial charge on any atom is 0.191 e. The number of aryl methyl sites for hydroxylation is 2. The Bertz CT molecular complexity index is 663. The number of aliphatic imine (C=N–C) groups is 1. The molecule has 0 unspecified atom stereocenters. The van der Waals surface area contributed by atoms with E-state index in [-0.39, 0.29) is 6.67 Å². The molecule has 0 aliphatic carbocycles. The summed E-state index contributed by atoms with van der Waals surface area (Å²) in [6.07, 6.45) is 0.475. The van der Waals surface area contributed by atoms with Gasteiger partial charge in [0.05, 0.1) is 18.1 Å². The highest BCUT2D eigenvalue weighted by Crippen LogP contribution is 2.16. The van der Waals surface area contributed by atoms with E-state index in [2.05, 4.69) is 38.9 Å². The van der Waals surface area contributed by atoms with Crippen LogP contribution in [0, 0.1) is 13.8 Å². The van der Waals surface area contributed by atoms with Crippen LogP contribution < -0.4 is 10.6 Å². The van der Waals surface area contributed by atoms with Crippen LogP contribution in [0.1, 0.15) is 23.4 Å². The van der Waals surface area contributed by atoms with Crippen molar-refractivity contribution >= 4 is 5.96 Å². The van der Waals surface area contributed by atoms with Gasteiger partial charge in [0.15, 0.2) is 5.96 Å². The molecule has 0 radical (unpaired) electrons. The van der Waals surface area contributed by atoms with Gasteiger partial charge in [0.2, 0.25) is 0 Å². The molecule has 0 fully saturated rings. The molecule has 0 bridgehead atoms. The molecule has 2 rings (SSSR count). The lowest BCUT2D eigenvalue weighted by Gasteiger charge is -2.14. The van der Waals surface area contributed by atoms with E-state index in [9.17, 15) is 4.39 Å². The summed E-state index contributed by atoms with van der Waals surface area (Å²) in [5, 5.41) is 10.9. The molecule has 1 aromatic heterocycles. The van der Waals surface area contributed by atoms with Crippen LogP contribution in [0.2, 0.25) is 0 Å². The number of hydrogen-bond acceptors (Lipinski definition) is 2. The Kier molecular flexibility index (Phi) is 6.14. The Labute approximate surface area is 136 Å². The summed E-state index contributed by atoms with van der Waals surface area (Å²) in [5.74, 6) is 0.668. The number of nitrogens with zero attached hydrogens (tertiary/aromatic N) is 3. The number of benzene rings is 1. The summed E-state index contributed by atoms with van der Waals surface area (Å²) >= 11 is 0. The Hall–Kier alpha value is -2.37. The first-order valence-electron chi connectivity index (χ1n) is 7.77. The van der Waals surface area contributed by atoms with E-state index < -0.39 is 0 Å². The van der Waals surface area contributed by atoms with Crippen LogP contribution in [-0.2, 0) is 6.54 Å². The summed E-state index contributed by atoms with van der Waals surface area (Å²) in [6, 6.07) is 10.2. The second-order valence-electron chi connectivity index (χ2n) is 5.36. The molecule has 0 amide bonds. The molecule has 23 heavy (non-hydrogen) atoms. The van der Waals surface area contributed by atoms with Gasteiger partial charge < -0.3 is 10.6 Å². The van der Waals surface area contributed by atoms with Crippen LogP contribution in [0.25, 0.3) is 5.69 Å². The fourth-order valence-corrected chi connectivity index (χ4v) is 2.41. The Morgan fingerprint density at radius 2 is 2.04 bits per heavy atom. The van der Waals surface area contributed by atoms with Crippen LogP contribution in [0.3, 0.4) is 0 Å². The molecule has 2 N–H and O–H groups in total. The molecule has 124 valence electrons. The fourth-order valence-electron chi connectivity index (χ4n) is 2.41. The average molecular weight is 317 g/mol. The van der Waals surface area contributed by atoms with E-state index in [4.69, 9.17) is 0 Å². The SMILES string of the molecule is CN=C(NCCCF)NCc1ccccc1-n1nc(C)cc1C. The van der Waals surface area contributed by atoms with E-state index in [1.807, 2.05) is 30.7 Å². The third-order valence-corrected chi connectivity index (χ3v) is 3.50. The number of aromatic nitrogens is 2. The first-order valence-corrected chi connectivity index (χ1v) is 7.77. The van der Waals surface area contributed by atoms with Crippen LogP contribution in [0.4, 0.5) is 4.39 Å². The molecule has 1 heterocycles. The topological polar surface area (TPSA) is 54.2 Å². The van der Waals surface area contributed by atoms with E-state index in [1.54, 1.807) is 7.05 Å². The van der Waals surface area contributed by atoms with Crippen LogP contribution in [-0.4, -0.2) is 36.0 Å². The highest BCUT2D eigenvalue weighted by molar-refractivity contribution is 5.79. The standard InChI is InChI=1S/C17H24FN5/c1-13-11-14(2)23(22-13)16-8-5-4-7-15(16)12-21-17(19-3)20-10-6-9-18/h4-5,7-8,11H,6,9-10,12H2,1-3H3,(H2,19,20,21). The number of para-hydroxylation sites is 1. The lowest BCUT2D eigenvalue weighted by molar-refractivity contribution is 0.470. The molecule has 0 saturated heterocycles. The van der Waals surface area contributed by atoms with Crippen molar-refractivity contribution in [2.45, 2.75) is 26.8 Å². The first-order chi connectivity index (χ1) is 11.2. The third kappa shape index (κ3) is 4.55. The van der Waals surface area contributed by atoms with Crippen LogP contribution >= 0.6 is 0 Å². The van der Waals surface area contributed by atoms with Gasteiger partial charge in [-0.3, -0.25) is 9.38 Å². The van der Waals surface area contributed by atoms with Gasteiger partial charge in [0, 0.05) is 25.8 Å². The normalized spacial score (nSPS) is 11.6. The van der Waals surface area contributed by atoms with Crippen LogP contribution in [0.15, 0.2) is 35.3 Å². The molecular weight excluding hydrogens is 293 g/mol. The van der Waals surface area contributed by atoms with Gasteiger partial charge in [-0.25, -0.2) is 4.68 Å². The van der Waals surface area contributed by atoms with Crippen molar-refractivity contribution in [2.75, 3.05) is 20.3 Å². The lowest BCUT2D eigenvalue weighted by atomic mass is 10.1. The zero-order valence-corrected chi connectivity index (χ0v) is 13.9. The molecule has 1 aromatic carbocycles. The van der Waals surface area contributed by atoms with Crippen molar-refractivity contribution < 1.29 is 4.39 Å². The summed E-state index contributed by atoms with van der Waals surface area (Å²) in [4.78, 5) is 4.15. The van der Waals surface area contributed by atoms with Gasteiger partial charge in [-0.05, 0) is 38.0 Å². The molecular formula is C17H24FN5. The van der Waals surface area contributed by atoms with E-state index in [1.165, 1.54) is 0 Å². The highest BCUT2D eigenvalue weighted by atomic mass is 19.1. The second-order valence-corrected chi connectivity index (χ2v) is 5.36. The predicted molar refractivity (Wildman–Crippen MR) is 91.8 cm³/mol. The third-order valence-electron chi connectivity index (χ3n) is 3.50. The Morgan fingerprint density at radius 3 is 2.70 bits per heavy atom. The highest BCUT2D eigenvalue weighted by Gasteiger charge is 2.09. The first kappa shape index (κ1) is 17.0. The van der Waals surface area contributed by atoms with E-state index >= 15 is 0 Å². The molecule has 0 aliphatic rings. The Balaban J connectivity index is 2.10. The van der Waals surface area contributed by atoms with Crippen molar-refractivity contribution in [3.8, 4) is 5.69 Å². The second kappa shape index (κ2) is 8.31. The molecule has 0 spiro atoms. The van der Waals surface area contributed by atoms with Crippen molar-refractivity contribution in [3.05, 3.63) is 47.3 Å². The predicted octanol–water partition coefficient (Wildman–Crippen LogP) is 2.51. The van der Waals surface area contributed by atoms with Gasteiger partial charge >= 0.3 is 0 Å². The van der Waals surface area contributed by atoms with E-state index in [0.717, 1.165) is 22.6 Å². The summed E-state index contributed by atoms with van der Waals surface area (Å²) in [5.41, 5.74) is 4.26. The average Bonchev–Trinajstić information content (AvgIpc) is 2.89. The largest absolute Gasteiger partial charge is 0.356 e. The monoisotopic (exact) mass is 317 g/mol. The smallest absolute Gasteiger partial charge is 0.191 e. The van der Waals surface area contributed by atoms with Crippen LogP contribution in [0.5, 0.6) is 0 Å². The van der Waals surface area contributed by atoms with Crippen molar-refractivity contribution in [2.24, 2.45) is 4.99 Å². The zero-order valence-electron chi connectivity index (χ0n) is 13.9. The maximum absolute atomic E-state index is 12.2. The molecule has 0 aliphatic heterocycles. The minimum atomic E-state index is -0.329. The quantitative estimate of drug-likeness (QED) is 0.489.